The summed E-state index contributed by atoms with van der Waals surface area (Å²) in [7, 11) is 0. The van der Waals surface area contributed by atoms with Crippen molar-refractivity contribution >= 4 is 11.5 Å². The average molecular weight is 259 g/mol. The van der Waals surface area contributed by atoms with Crippen LogP contribution in [0, 0.1) is 24.0 Å². The lowest BCUT2D eigenvalue weighted by molar-refractivity contribution is -0.385. The van der Waals surface area contributed by atoms with Gasteiger partial charge in [0.1, 0.15) is 18.9 Å². The van der Waals surface area contributed by atoms with Crippen molar-refractivity contribution < 1.29 is 9.72 Å². The summed E-state index contributed by atoms with van der Waals surface area (Å²) < 4.78 is 1.27. The minimum Gasteiger partial charge on any atom is -0.292 e. The van der Waals surface area contributed by atoms with Gasteiger partial charge in [-0.15, -0.1) is 0 Å². The predicted octanol–water partition coefficient (Wildman–Crippen LogP) is 2.29. The molecule has 1 aromatic carbocycles. The van der Waals surface area contributed by atoms with Gasteiger partial charge in [0.2, 0.25) is 0 Å². The topological polar surface area (TPSA) is 78.0 Å². The Bertz CT molecular complexity index is 646. The van der Waals surface area contributed by atoms with Crippen molar-refractivity contribution in [1.82, 2.24) is 9.78 Å². The molecule has 0 atom stereocenters. The molecule has 0 fully saturated rings. The van der Waals surface area contributed by atoms with Crippen molar-refractivity contribution in [2.45, 2.75) is 20.4 Å². The molecule has 0 bridgehead atoms. The normalized spacial score (nSPS) is 10.4. The number of carbonyl (C=O) groups is 1. The van der Waals surface area contributed by atoms with Crippen LogP contribution in [0.5, 0.6) is 0 Å². The smallest absolute Gasteiger partial charge is 0.292 e. The lowest BCUT2D eigenvalue weighted by Crippen LogP contribution is -2.11. The maximum Gasteiger partial charge on any atom is 0.307 e. The van der Waals surface area contributed by atoms with E-state index in [1.807, 2.05) is 26.0 Å². The molecule has 98 valence electrons. The third-order valence-corrected chi connectivity index (χ3v) is 2.96. The molecule has 0 aliphatic carbocycles. The van der Waals surface area contributed by atoms with Crippen molar-refractivity contribution in [3.05, 3.63) is 57.4 Å². The van der Waals surface area contributed by atoms with E-state index in [2.05, 4.69) is 5.10 Å². The molecule has 0 N–H and O–H groups in total. The van der Waals surface area contributed by atoms with Crippen molar-refractivity contribution in [2.75, 3.05) is 0 Å². The maximum absolute atomic E-state index is 12.0. The molecular weight excluding hydrogens is 246 g/mol. The Morgan fingerprint density at radius 1 is 1.37 bits per heavy atom. The van der Waals surface area contributed by atoms with Gasteiger partial charge in [-0.2, -0.15) is 5.10 Å². The quantitative estimate of drug-likeness (QED) is 0.479. The summed E-state index contributed by atoms with van der Waals surface area (Å²) in [6, 6.07) is 5.45. The zero-order chi connectivity index (χ0) is 14.0. The van der Waals surface area contributed by atoms with Gasteiger partial charge in [0.05, 0.1) is 4.92 Å². The number of nitro groups is 1. The first kappa shape index (κ1) is 12.9. The third kappa shape index (κ3) is 2.85. The number of benzene rings is 1. The van der Waals surface area contributed by atoms with E-state index < -0.39 is 4.92 Å². The van der Waals surface area contributed by atoms with Crippen LogP contribution in [-0.2, 0) is 6.54 Å². The van der Waals surface area contributed by atoms with E-state index in [1.54, 1.807) is 6.07 Å². The molecular formula is C13H13N3O3. The molecule has 6 nitrogen and oxygen atoms in total. The molecule has 1 aromatic heterocycles. The SMILES string of the molecule is Cc1ccc(C(=O)Cn2cc([N+](=O)[O-])cn2)cc1C. The number of hydrogen-bond acceptors (Lipinski definition) is 4. The summed E-state index contributed by atoms with van der Waals surface area (Å²) in [6.07, 6.45) is 2.38. The van der Waals surface area contributed by atoms with E-state index >= 15 is 0 Å². The van der Waals surface area contributed by atoms with Crippen molar-refractivity contribution in [2.24, 2.45) is 0 Å². The molecule has 0 aliphatic heterocycles. The molecule has 0 amide bonds. The highest BCUT2D eigenvalue weighted by Crippen LogP contribution is 2.12. The number of hydrogen-bond donors (Lipinski definition) is 0. The van der Waals surface area contributed by atoms with E-state index in [1.165, 1.54) is 10.9 Å². The van der Waals surface area contributed by atoms with Gasteiger partial charge < -0.3 is 0 Å². The maximum atomic E-state index is 12.0. The summed E-state index contributed by atoms with van der Waals surface area (Å²) in [4.78, 5) is 22.0. The Kier molecular flexibility index (Phi) is 3.41. The highest BCUT2D eigenvalue weighted by molar-refractivity contribution is 5.96. The highest BCUT2D eigenvalue weighted by Gasteiger charge is 2.12. The fourth-order valence-corrected chi connectivity index (χ4v) is 1.69. The van der Waals surface area contributed by atoms with Crippen LogP contribution in [0.25, 0.3) is 0 Å². The predicted molar refractivity (Wildman–Crippen MR) is 69.1 cm³/mol. The Hall–Kier alpha value is -2.50. The summed E-state index contributed by atoms with van der Waals surface area (Å²) in [5.41, 5.74) is 2.62. The number of aromatic nitrogens is 2. The summed E-state index contributed by atoms with van der Waals surface area (Å²) in [6.45, 7) is 3.90. The number of ketones is 1. The molecule has 6 heteroatoms. The second kappa shape index (κ2) is 5.01. The Morgan fingerprint density at radius 3 is 2.68 bits per heavy atom. The third-order valence-electron chi connectivity index (χ3n) is 2.96. The molecule has 19 heavy (non-hydrogen) atoms. The number of aryl methyl sites for hydroxylation is 2. The fraction of sp³-hybridized carbons (Fsp3) is 0.231. The van der Waals surface area contributed by atoms with Crippen molar-refractivity contribution in [1.29, 1.82) is 0 Å². The number of rotatable bonds is 4. The van der Waals surface area contributed by atoms with Crippen LogP contribution < -0.4 is 0 Å². The minimum atomic E-state index is -0.538. The molecule has 0 saturated carbocycles. The number of Topliss-reactive ketones (excluding diaryl/α,β-unsaturated/α-hetero) is 1. The molecule has 2 aromatic rings. The Labute approximate surface area is 109 Å². The van der Waals surface area contributed by atoms with Crippen LogP contribution in [-0.4, -0.2) is 20.5 Å². The molecule has 2 rings (SSSR count). The average Bonchev–Trinajstić information content (AvgIpc) is 2.81. The standard InChI is InChI=1S/C13H13N3O3/c1-9-3-4-11(5-10(9)2)13(17)8-15-7-12(6-14-15)16(18)19/h3-7H,8H2,1-2H3. The number of nitrogens with zero attached hydrogens (tertiary/aromatic N) is 3. The second-order valence-electron chi connectivity index (χ2n) is 4.38. The van der Waals surface area contributed by atoms with Gasteiger partial charge in [-0.1, -0.05) is 12.1 Å². The first-order valence-electron chi connectivity index (χ1n) is 5.74. The summed E-state index contributed by atoms with van der Waals surface area (Å²) >= 11 is 0. The van der Waals surface area contributed by atoms with Crippen LogP contribution >= 0.6 is 0 Å². The zero-order valence-corrected chi connectivity index (χ0v) is 10.7. The zero-order valence-electron chi connectivity index (χ0n) is 10.7. The van der Waals surface area contributed by atoms with Gasteiger partial charge >= 0.3 is 5.69 Å². The van der Waals surface area contributed by atoms with Gasteiger partial charge in [0.15, 0.2) is 5.78 Å². The summed E-state index contributed by atoms with van der Waals surface area (Å²) in [5.74, 6) is -0.124. The Balaban J connectivity index is 2.15. The molecule has 0 radical (unpaired) electrons. The van der Waals surface area contributed by atoms with Gasteiger partial charge in [-0.3, -0.25) is 19.6 Å². The Morgan fingerprint density at radius 2 is 2.11 bits per heavy atom. The molecule has 1 heterocycles. The van der Waals surface area contributed by atoms with E-state index in [4.69, 9.17) is 0 Å². The molecule has 0 saturated heterocycles. The minimum absolute atomic E-state index is 0.00363. The van der Waals surface area contributed by atoms with Crippen LogP contribution in [0.3, 0.4) is 0 Å². The van der Waals surface area contributed by atoms with Gasteiger partial charge in [-0.05, 0) is 31.0 Å². The molecule has 0 aliphatic rings. The molecule has 0 unspecified atom stereocenters. The summed E-state index contributed by atoms with van der Waals surface area (Å²) in [5, 5.41) is 14.3. The van der Waals surface area contributed by atoms with Crippen LogP contribution in [0.2, 0.25) is 0 Å². The van der Waals surface area contributed by atoms with E-state index in [-0.39, 0.29) is 18.0 Å². The monoisotopic (exact) mass is 259 g/mol. The van der Waals surface area contributed by atoms with E-state index in [0.29, 0.717) is 5.56 Å². The van der Waals surface area contributed by atoms with E-state index in [0.717, 1.165) is 17.3 Å². The number of carbonyl (C=O) groups excluding carboxylic acids is 1. The lowest BCUT2D eigenvalue weighted by Gasteiger charge is -2.04. The van der Waals surface area contributed by atoms with Gasteiger partial charge in [-0.25, -0.2) is 0 Å². The first-order chi connectivity index (χ1) is 8.97. The van der Waals surface area contributed by atoms with Crippen molar-refractivity contribution in [3.63, 3.8) is 0 Å². The van der Waals surface area contributed by atoms with Crippen LogP contribution in [0.15, 0.2) is 30.6 Å². The molecule has 0 spiro atoms. The van der Waals surface area contributed by atoms with E-state index in [9.17, 15) is 14.9 Å². The van der Waals surface area contributed by atoms with Crippen molar-refractivity contribution in [3.8, 4) is 0 Å². The van der Waals surface area contributed by atoms with Crippen LogP contribution in [0.1, 0.15) is 21.5 Å². The lowest BCUT2D eigenvalue weighted by atomic mass is 10.0. The van der Waals surface area contributed by atoms with Crippen LogP contribution in [0.4, 0.5) is 5.69 Å². The fourth-order valence-electron chi connectivity index (χ4n) is 1.69. The largest absolute Gasteiger partial charge is 0.307 e. The van der Waals surface area contributed by atoms with Gasteiger partial charge in [0.25, 0.3) is 0 Å². The van der Waals surface area contributed by atoms with Gasteiger partial charge in [0, 0.05) is 5.56 Å². The highest BCUT2D eigenvalue weighted by atomic mass is 16.6. The second-order valence-corrected chi connectivity index (χ2v) is 4.38. The first-order valence-corrected chi connectivity index (χ1v) is 5.74.